The zero-order valence-corrected chi connectivity index (χ0v) is 10.8. The Bertz CT molecular complexity index is 512. The number of halogens is 1. The van der Waals surface area contributed by atoms with Crippen molar-refractivity contribution < 1.29 is 4.79 Å². The van der Waals surface area contributed by atoms with Crippen molar-refractivity contribution in [1.29, 1.82) is 0 Å². The van der Waals surface area contributed by atoms with E-state index in [0.29, 0.717) is 16.7 Å². The van der Waals surface area contributed by atoms with Gasteiger partial charge in [0.05, 0.1) is 0 Å². The molecule has 88 valence electrons. The van der Waals surface area contributed by atoms with E-state index in [4.69, 9.17) is 11.6 Å². The molecule has 0 N–H and O–H groups in total. The molecule has 1 aromatic heterocycles. The summed E-state index contributed by atoms with van der Waals surface area (Å²) in [6.45, 7) is 2.52. The molecule has 1 heterocycles. The normalized spacial score (nSPS) is 10.2. The summed E-state index contributed by atoms with van der Waals surface area (Å²) in [4.78, 5) is 17.9. The van der Waals surface area contributed by atoms with E-state index in [1.54, 1.807) is 10.3 Å². The third kappa shape index (κ3) is 2.65. The Morgan fingerprint density at radius 2 is 2.12 bits per heavy atom. The lowest BCUT2D eigenvalue weighted by molar-refractivity contribution is 0.0984. The molecule has 1 amide bonds. The fourth-order valence-corrected chi connectivity index (χ4v) is 2.28. The molecule has 0 fully saturated rings. The molecule has 1 aromatic carbocycles. The number of hydrogen-bond donors (Lipinski definition) is 0. The lowest BCUT2D eigenvalue weighted by atomic mass is 10.2. The van der Waals surface area contributed by atoms with E-state index in [-0.39, 0.29) is 5.91 Å². The lowest BCUT2D eigenvalue weighted by Gasteiger charge is -2.19. The van der Waals surface area contributed by atoms with Gasteiger partial charge < -0.3 is 4.90 Å². The number of amides is 1. The van der Waals surface area contributed by atoms with Crippen LogP contribution >= 0.6 is 22.9 Å². The zero-order chi connectivity index (χ0) is 12.3. The molecule has 0 radical (unpaired) electrons. The highest BCUT2D eigenvalue weighted by molar-refractivity contribution is 7.14. The minimum Gasteiger partial charge on any atom is -0.307 e. The van der Waals surface area contributed by atoms with E-state index < -0.39 is 0 Å². The summed E-state index contributed by atoms with van der Waals surface area (Å²) in [6, 6.07) is 9.52. The summed E-state index contributed by atoms with van der Waals surface area (Å²) >= 11 is 7.00. The fraction of sp³-hybridized carbons (Fsp3) is 0.167. The monoisotopic (exact) mass is 266 g/mol. The number of aromatic nitrogens is 1. The summed E-state index contributed by atoms with van der Waals surface area (Å²) in [5.41, 5.74) is 1.26. The van der Waals surface area contributed by atoms with Gasteiger partial charge in [0.2, 0.25) is 0 Å². The van der Waals surface area contributed by atoms with Crippen LogP contribution in [0, 0.1) is 0 Å². The molecule has 3 nitrogen and oxygen atoms in total. The molecule has 2 rings (SSSR count). The smallest absolute Gasteiger partial charge is 0.277 e. The minimum atomic E-state index is -0.123. The summed E-state index contributed by atoms with van der Waals surface area (Å²) in [7, 11) is 0. The van der Waals surface area contributed by atoms with Gasteiger partial charge in [0.15, 0.2) is 4.47 Å². The van der Waals surface area contributed by atoms with Crippen LogP contribution < -0.4 is 4.90 Å². The molecule has 0 atom stereocenters. The van der Waals surface area contributed by atoms with Gasteiger partial charge in [-0.25, -0.2) is 4.98 Å². The molecule has 0 saturated heterocycles. The van der Waals surface area contributed by atoms with Gasteiger partial charge >= 0.3 is 0 Å². The summed E-state index contributed by atoms with van der Waals surface area (Å²) in [5, 5.41) is 1.68. The first-order valence-electron chi connectivity index (χ1n) is 5.20. The number of carbonyl (C=O) groups excluding carboxylic acids is 1. The van der Waals surface area contributed by atoms with E-state index in [2.05, 4.69) is 4.98 Å². The quantitative estimate of drug-likeness (QED) is 0.852. The fourth-order valence-electron chi connectivity index (χ4n) is 1.54. The number of anilines is 1. The molecule has 0 unspecified atom stereocenters. The molecular weight excluding hydrogens is 256 g/mol. The number of thiazole rings is 1. The maximum absolute atomic E-state index is 12.2. The van der Waals surface area contributed by atoms with Crippen molar-refractivity contribution in [3.05, 3.63) is 45.9 Å². The van der Waals surface area contributed by atoms with Gasteiger partial charge in [-0.05, 0) is 19.1 Å². The van der Waals surface area contributed by atoms with E-state index in [1.165, 1.54) is 11.3 Å². The largest absolute Gasteiger partial charge is 0.307 e. The first kappa shape index (κ1) is 12.1. The second-order valence-electron chi connectivity index (χ2n) is 3.37. The van der Waals surface area contributed by atoms with Crippen LogP contribution in [0.25, 0.3) is 0 Å². The standard InChI is InChI=1S/C12H11ClN2OS/c1-2-15(9-6-4-3-5-7-9)11(16)10-8-17-12(13)14-10/h3-8H,2H2,1H3. The number of hydrogen-bond acceptors (Lipinski definition) is 3. The van der Waals surface area contributed by atoms with Crippen molar-refractivity contribution in [1.82, 2.24) is 4.98 Å². The van der Waals surface area contributed by atoms with Gasteiger partial charge in [0.1, 0.15) is 5.69 Å². The van der Waals surface area contributed by atoms with Gasteiger partial charge in [-0.2, -0.15) is 0 Å². The summed E-state index contributed by atoms with van der Waals surface area (Å²) < 4.78 is 0.387. The van der Waals surface area contributed by atoms with Crippen LogP contribution in [0.5, 0.6) is 0 Å². The first-order valence-corrected chi connectivity index (χ1v) is 6.46. The van der Waals surface area contributed by atoms with E-state index in [9.17, 15) is 4.79 Å². The van der Waals surface area contributed by atoms with Gasteiger partial charge in [-0.15, -0.1) is 11.3 Å². The van der Waals surface area contributed by atoms with Crippen LogP contribution in [0.2, 0.25) is 4.47 Å². The Kier molecular flexibility index (Phi) is 3.76. The highest BCUT2D eigenvalue weighted by Gasteiger charge is 2.18. The molecule has 5 heteroatoms. The van der Waals surface area contributed by atoms with Crippen molar-refractivity contribution in [3.8, 4) is 0 Å². The molecule has 0 aliphatic rings. The van der Waals surface area contributed by atoms with E-state index >= 15 is 0 Å². The SMILES string of the molecule is CCN(C(=O)c1csc(Cl)n1)c1ccccc1. The highest BCUT2D eigenvalue weighted by atomic mass is 35.5. The van der Waals surface area contributed by atoms with Crippen LogP contribution in [-0.4, -0.2) is 17.4 Å². The molecule has 0 aliphatic carbocycles. The maximum atomic E-state index is 12.2. The minimum absolute atomic E-state index is 0.123. The number of rotatable bonds is 3. The summed E-state index contributed by atoms with van der Waals surface area (Å²) in [5.74, 6) is -0.123. The van der Waals surface area contributed by atoms with Crippen LogP contribution in [0.1, 0.15) is 17.4 Å². The third-order valence-electron chi connectivity index (χ3n) is 2.32. The van der Waals surface area contributed by atoms with Gasteiger partial charge in [0.25, 0.3) is 5.91 Å². The Balaban J connectivity index is 2.28. The Morgan fingerprint density at radius 3 is 2.65 bits per heavy atom. The second kappa shape index (κ2) is 5.29. The number of benzene rings is 1. The van der Waals surface area contributed by atoms with Crippen molar-refractivity contribution in [2.24, 2.45) is 0 Å². The average molecular weight is 267 g/mol. The van der Waals surface area contributed by atoms with Crippen molar-refractivity contribution >= 4 is 34.5 Å². The molecule has 0 spiro atoms. The van der Waals surface area contributed by atoms with Crippen molar-refractivity contribution in [3.63, 3.8) is 0 Å². The van der Waals surface area contributed by atoms with Crippen molar-refractivity contribution in [2.45, 2.75) is 6.92 Å². The lowest BCUT2D eigenvalue weighted by Crippen LogP contribution is -2.30. The van der Waals surface area contributed by atoms with E-state index in [0.717, 1.165) is 5.69 Å². The number of nitrogens with zero attached hydrogens (tertiary/aromatic N) is 2. The Morgan fingerprint density at radius 1 is 1.41 bits per heavy atom. The predicted octanol–water partition coefficient (Wildman–Crippen LogP) is 3.46. The van der Waals surface area contributed by atoms with Crippen molar-refractivity contribution in [2.75, 3.05) is 11.4 Å². The zero-order valence-electron chi connectivity index (χ0n) is 9.26. The van der Waals surface area contributed by atoms with E-state index in [1.807, 2.05) is 37.3 Å². The molecule has 0 saturated carbocycles. The number of carbonyl (C=O) groups is 1. The van der Waals surface area contributed by atoms with Crippen LogP contribution in [0.4, 0.5) is 5.69 Å². The number of para-hydroxylation sites is 1. The van der Waals surface area contributed by atoms with Crippen LogP contribution in [0.15, 0.2) is 35.7 Å². The third-order valence-corrected chi connectivity index (χ3v) is 3.30. The Labute approximate surface area is 109 Å². The maximum Gasteiger partial charge on any atom is 0.277 e. The Hall–Kier alpha value is -1.39. The predicted molar refractivity (Wildman–Crippen MR) is 70.9 cm³/mol. The van der Waals surface area contributed by atoms with Gasteiger partial charge in [-0.3, -0.25) is 4.79 Å². The van der Waals surface area contributed by atoms with Crippen LogP contribution in [-0.2, 0) is 0 Å². The molecule has 2 aromatic rings. The molecular formula is C12H11ClN2OS. The van der Waals surface area contributed by atoms with Crippen LogP contribution in [0.3, 0.4) is 0 Å². The molecule has 0 bridgehead atoms. The highest BCUT2D eigenvalue weighted by Crippen LogP contribution is 2.20. The first-order chi connectivity index (χ1) is 8.22. The molecule has 17 heavy (non-hydrogen) atoms. The average Bonchev–Trinajstić information content (AvgIpc) is 2.78. The summed E-state index contributed by atoms with van der Waals surface area (Å²) in [6.07, 6.45) is 0. The molecule has 0 aliphatic heterocycles. The van der Waals surface area contributed by atoms with Gasteiger partial charge in [-0.1, -0.05) is 29.8 Å². The second-order valence-corrected chi connectivity index (χ2v) is 4.81. The van der Waals surface area contributed by atoms with Gasteiger partial charge in [0, 0.05) is 17.6 Å². The topological polar surface area (TPSA) is 33.2 Å².